The molecular formula is C18H24N2O2. The largest absolute Gasteiger partial charge is 0.490 e. The molecule has 2 N–H and O–H groups in total. The molecule has 0 amide bonds. The zero-order valence-electron chi connectivity index (χ0n) is 13.5. The Bertz CT molecular complexity index is 600. The Morgan fingerprint density at radius 2 is 1.95 bits per heavy atom. The molecule has 1 atom stereocenters. The molecule has 1 heterocycles. The molecule has 4 nitrogen and oxygen atoms in total. The number of aryl methyl sites for hydroxylation is 1. The van der Waals surface area contributed by atoms with Crippen LogP contribution in [-0.4, -0.2) is 11.1 Å². The summed E-state index contributed by atoms with van der Waals surface area (Å²) >= 11 is 0. The van der Waals surface area contributed by atoms with Crippen molar-refractivity contribution in [3.8, 4) is 11.6 Å². The first kappa shape index (κ1) is 16.3. The molecular weight excluding hydrogens is 276 g/mol. The van der Waals surface area contributed by atoms with Gasteiger partial charge >= 0.3 is 0 Å². The summed E-state index contributed by atoms with van der Waals surface area (Å²) in [7, 11) is 0. The van der Waals surface area contributed by atoms with Crippen molar-refractivity contribution in [1.82, 2.24) is 4.98 Å². The van der Waals surface area contributed by atoms with Crippen molar-refractivity contribution < 1.29 is 9.47 Å². The van der Waals surface area contributed by atoms with E-state index in [1.165, 1.54) is 0 Å². The maximum atomic E-state index is 5.96. The topological polar surface area (TPSA) is 57.4 Å². The van der Waals surface area contributed by atoms with Crippen molar-refractivity contribution in [2.75, 3.05) is 0 Å². The zero-order chi connectivity index (χ0) is 15.9. The van der Waals surface area contributed by atoms with Crippen LogP contribution in [0.2, 0.25) is 0 Å². The van der Waals surface area contributed by atoms with Crippen LogP contribution in [0.1, 0.15) is 37.1 Å². The van der Waals surface area contributed by atoms with Gasteiger partial charge in [-0.15, -0.1) is 0 Å². The van der Waals surface area contributed by atoms with Crippen LogP contribution in [-0.2, 0) is 13.2 Å². The highest BCUT2D eigenvalue weighted by atomic mass is 16.5. The molecule has 22 heavy (non-hydrogen) atoms. The number of ether oxygens (including phenoxy) is 2. The second-order valence-electron chi connectivity index (χ2n) is 5.36. The van der Waals surface area contributed by atoms with Gasteiger partial charge in [-0.05, 0) is 25.8 Å². The van der Waals surface area contributed by atoms with E-state index in [-0.39, 0.29) is 6.10 Å². The second kappa shape index (κ2) is 7.80. The van der Waals surface area contributed by atoms with Crippen molar-refractivity contribution in [2.45, 2.75) is 46.4 Å². The number of nitrogens with zero attached hydrogens (tertiary/aromatic N) is 1. The number of hydrogen-bond acceptors (Lipinski definition) is 4. The first-order valence-electron chi connectivity index (χ1n) is 7.68. The van der Waals surface area contributed by atoms with Crippen LogP contribution in [0.3, 0.4) is 0 Å². The fourth-order valence-electron chi connectivity index (χ4n) is 2.08. The van der Waals surface area contributed by atoms with Crippen molar-refractivity contribution in [3.05, 3.63) is 53.2 Å². The summed E-state index contributed by atoms with van der Waals surface area (Å²) < 4.78 is 11.8. The average Bonchev–Trinajstić information content (AvgIpc) is 2.53. The number of nitrogens with two attached hydrogens (primary N) is 1. The Morgan fingerprint density at radius 1 is 1.23 bits per heavy atom. The highest BCUT2D eigenvalue weighted by Gasteiger charge is 2.15. The highest BCUT2D eigenvalue weighted by Crippen LogP contribution is 2.29. The van der Waals surface area contributed by atoms with E-state index in [0.717, 1.165) is 29.0 Å². The Balaban J connectivity index is 2.22. The van der Waals surface area contributed by atoms with E-state index in [2.05, 4.69) is 11.9 Å². The summed E-state index contributed by atoms with van der Waals surface area (Å²) in [4.78, 5) is 4.47. The van der Waals surface area contributed by atoms with Gasteiger partial charge in [0.05, 0.1) is 11.7 Å². The Kier molecular flexibility index (Phi) is 5.78. The number of rotatable bonds is 7. The minimum Gasteiger partial charge on any atom is -0.490 e. The summed E-state index contributed by atoms with van der Waals surface area (Å²) in [6, 6.07) is 11.9. The van der Waals surface area contributed by atoms with Crippen LogP contribution in [0.5, 0.6) is 11.6 Å². The minimum absolute atomic E-state index is 0.133. The van der Waals surface area contributed by atoms with Gasteiger partial charge in [-0.3, -0.25) is 0 Å². The fraction of sp³-hybridized carbons (Fsp3) is 0.389. The molecule has 4 heteroatoms. The van der Waals surface area contributed by atoms with Gasteiger partial charge in [0.1, 0.15) is 12.4 Å². The number of pyridine rings is 1. The first-order valence-corrected chi connectivity index (χ1v) is 7.68. The van der Waals surface area contributed by atoms with Crippen LogP contribution in [0, 0.1) is 6.92 Å². The molecule has 0 bridgehead atoms. The fourth-order valence-corrected chi connectivity index (χ4v) is 2.08. The van der Waals surface area contributed by atoms with Gasteiger partial charge in [0, 0.05) is 18.3 Å². The molecule has 0 aliphatic carbocycles. The van der Waals surface area contributed by atoms with Gasteiger partial charge in [-0.1, -0.05) is 37.3 Å². The Morgan fingerprint density at radius 3 is 2.59 bits per heavy atom. The van der Waals surface area contributed by atoms with E-state index in [1.807, 2.05) is 50.2 Å². The number of aromatic nitrogens is 1. The predicted molar refractivity (Wildman–Crippen MR) is 88.0 cm³/mol. The zero-order valence-corrected chi connectivity index (χ0v) is 13.5. The van der Waals surface area contributed by atoms with E-state index in [9.17, 15) is 0 Å². The standard InChI is InChI=1S/C18H24N2O2/c1-4-14(3)22-17-10-13(2)20-18(16(17)11-19)21-12-15-8-6-5-7-9-15/h5-10,14H,4,11-12,19H2,1-3H3. The van der Waals surface area contributed by atoms with Gasteiger partial charge < -0.3 is 15.2 Å². The molecule has 2 aromatic rings. The van der Waals surface area contributed by atoms with Crippen LogP contribution in [0.4, 0.5) is 0 Å². The maximum Gasteiger partial charge on any atom is 0.222 e. The molecule has 118 valence electrons. The van der Waals surface area contributed by atoms with E-state index in [0.29, 0.717) is 19.0 Å². The second-order valence-corrected chi connectivity index (χ2v) is 5.36. The van der Waals surface area contributed by atoms with Crippen LogP contribution < -0.4 is 15.2 Å². The van der Waals surface area contributed by atoms with E-state index in [4.69, 9.17) is 15.2 Å². The van der Waals surface area contributed by atoms with Gasteiger partial charge in [-0.25, -0.2) is 4.98 Å². The summed E-state index contributed by atoms with van der Waals surface area (Å²) in [6.07, 6.45) is 1.07. The van der Waals surface area contributed by atoms with Gasteiger partial charge in [0.15, 0.2) is 0 Å². The average molecular weight is 300 g/mol. The van der Waals surface area contributed by atoms with E-state index >= 15 is 0 Å². The Hall–Kier alpha value is -2.07. The maximum absolute atomic E-state index is 5.96. The smallest absolute Gasteiger partial charge is 0.222 e. The molecule has 0 aliphatic rings. The summed E-state index contributed by atoms with van der Waals surface area (Å²) in [5.74, 6) is 1.33. The third kappa shape index (κ3) is 4.21. The summed E-state index contributed by atoms with van der Waals surface area (Å²) in [5.41, 5.74) is 8.66. The molecule has 0 radical (unpaired) electrons. The van der Waals surface area contributed by atoms with Crippen LogP contribution in [0.15, 0.2) is 36.4 Å². The molecule has 0 aliphatic heterocycles. The summed E-state index contributed by atoms with van der Waals surface area (Å²) in [5, 5.41) is 0. The lowest BCUT2D eigenvalue weighted by atomic mass is 10.2. The first-order chi connectivity index (χ1) is 10.6. The summed E-state index contributed by atoms with van der Waals surface area (Å²) in [6.45, 7) is 6.86. The van der Waals surface area contributed by atoms with Gasteiger partial charge in [0.2, 0.25) is 5.88 Å². The van der Waals surface area contributed by atoms with E-state index in [1.54, 1.807) is 0 Å². The monoisotopic (exact) mass is 300 g/mol. The predicted octanol–water partition coefficient (Wildman–Crippen LogP) is 3.61. The van der Waals surface area contributed by atoms with Crippen LogP contribution >= 0.6 is 0 Å². The van der Waals surface area contributed by atoms with Crippen molar-refractivity contribution in [1.29, 1.82) is 0 Å². The molecule has 0 spiro atoms. The van der Waals surface area contributed by atoms with Gasteiger partial charge in [0.25, 0.3) is 0 Å². The highest BCUT2D eigenvalue weighted by molar-refractivity contribution is 5.42. The van der Waals surface area contributed by atoms with E-state index < -0.39 is 0 Å². The third-order valence-electron chi connectivity index (χ3n) is 3.50. The van der Waals surface area contributed by atoms with Crippen LogP contribution in [0.25, 0.3) is 0 Å². The molecule has 0 fully saturated rings. The Labute approximate surface area is 132 Å². The quantitative estimate of drug-likeness (QED) is 0.848. The lowest BCUT2D eigenvalue weighted by Gasteiger charge is -2.18. The van der Waals surface area contributed by atoms with Crippen molar-refractivity contribution in [2.24, 2.45) is 5.73 Å². The molecule has 1 aromatic heterocycles. The van der Waals surface area contributed by atoms with Crippen molar-refractivity contribution in [3.63, 3.8) is 0 Å². The molecule has 0 saturated heterocycles. The third-order valence-corrected chi connectivity index (χ3v) is 3.50. The normalized spacial score (nSPS) is 12.0. The molecule has 0 saturated carbocycles. The number of benzene rings is 1. The lowest BCUT2D eigenvalue weighted by molar-refractivity contribution is 0.211. The SMILES string of the molecule is CCC(C)Oc1cc(C)nc(OCc2ccccc2)c1CN. The molecule has 2 rings (SSSR count). The minimum atomic E-state index is 0.133. The van der Waals surface area contributed by atoms with Gasteiger partial charge in [-0.2, -0.15) is 0 Å². The molecule has 1 aromatic carbocycles. The lowest BCUT2D eigenvalue weighted by Crippen LogP contribution is -2.14. The molecule has 1 unspecified atom stereocenters. The number of hydrogen-bond donors (Lipinski definition) is 1. The van der Waals surface area contributed by atoms with Crippen molar-refractivity contribution >= 4 is 0 Å².